The van der Waals surface area contributed by atoms with E-state index in [4.69, 9.17) is 0 Å². The van der Waals surface area contributed by atoms with E-state index in [1.54, 1.807) is 0 Å². The van der Waals surface area contributed by atoms with Crippen molar-refractivity contribution in [3.05, 3.63) is 10.1 Å². The molecule has 0 saturated heterocycles. The van der Waals surface area contributed by atoms with Crippen LogP contribution in [-0.4, -0.2) is 16.2 Å². The fourth-order valence-electron chi connectivity index (χ4n) is 1.95. The zero-order valence-corrected chi connectivity index (χ0v) is 8.78. The summed E-state index contributed by atoms with van der Waals surface area (Å²) in [7, 11) is 0. The molecule has 0 heterocycles. The van der Waals surface area contributed by atoms with Gasteiger partial charge >= 0.3 is 0 Å². The third-order valence-corrected chi connectivity index (χ3v) is 3.04. The highest BCUT2D eigenvalue weighted by Crippen LogP contribution is 2.28. The van der Waals surface area contributed by atoms with Crippen LogP contribution in [0, 0.1) is 16.0 Å². The zero-order valence-electron chi connectivity index (χ0n) is 8.78. The molecule has 0 aromatic rings. The van der Waals surface area contributed by atoms with Crippen molar-refractivity contribution in [2.75, 3.05) is 0 Å². The minimum absolute atomic E-state index is 0.0795. The molecule has 4 heteroatoms. The Labute approximate surface area is 83.8 Å². The molecule has 0 atom stereocenters. The number of hydrogen-bond donors (Lipinski definition) is 0. The van der Waals surface area contributed by atoms with Crippen molar-refractivity contribution < 1.29 is 9.72 Å². The minimum Gasteiger partial charge on any atom is -0.291 e. The van der Waals surface area contributed by atoms with Gasteiger partial charge in [0.1, 0.15) is 0 Å². The SMILES string of the molecule is CC(C)(C(=O)C1CCCCC1)[N+](=O)[O-]. The Balaban J connectivity index is 2.67. The molecule has 1 rings (SSSR count). The number of nitrogens with zero attached hydrogens (tertiary/aromatic N) is 1. The van der Waals surface area contributed by atoms with Crippen molar-refractivity contribution in [2.24, 2.45) is 5.92 Å². The first-order valence-corrected chi connectivity index (χ1v) is 5.15. The quantitative estimate of drug-likeness (QED) is 0.517. The van der Waals surface area contributed by atoms with Gasteiger partial charge in [0, 0.05) is 24.7 Å². The smallest absolute Gasteiger partial charge is 0.274 e. The number of rotatable bonds is 3. The molecule has 0 amide bonds. The van der Waals surface area contributed by atoms with Crippen LogP contribution in [0.2, 0.25) is 0 Å². The normalized spacial score (nSPS) is 19.3. The number of hydrogen-bond acceptors (Lipinski definition) is 3. The van der Waals surface area contributed by atoms with Gasteiger partial charge in [0.15, 0.2) is 0 Å². The first kappa shape index (κ1) is 11.1. The maximum Gasteiger partial charge on any atom is 0.274 e. The van der Waals surface area contributed by atoms with Crippen molar-refractivity contribution >= 4 is 5.78 Å². The van der Waals surface area contributed by atoms with Gasteiger partial charge in [-0.15, -0.1) is 0 Å². The summed E-state index contributed by atoms with van der Waals surface area (Å²) in [6, 6.07) is 0. The molecule has 0 bridgehead atoms. The fraction of sp³-hybridized carbons (Fsp3) is 0.900. The topological polar surface area (TPSA) is 60.2 Å². The van der Waals surface area contributed by atoms with E-state index >= 15 is 0 Å². The monoisotopic (exact) mass is 199 g/mol. The molecule has 1 fully saturated rings. The lowest BCUT2D eigenvalue weighted by Gasteiger charge is -2.24. The van der Waals surface area contributed by atoms with E-state index < -0.39 is 10.5 Å². The largest absolute Gasteiger partial charge is 0.291 e. The van der Waals surface area contributed by atoms with Gasteiger partial charge < -0.3 is 0 Å². The summed E-state index contributed by atoms with van der Waals surface area (Å²) >= 11 is 0. The summed E-state index contributed by atoms with van der Waals surface area (Å²) in [5, 5.41) is 10.7. The Morgan fingerprint density at radius 3 is 2.21 bits per heavy atom. The van der Waals surface area contributed by atoms with Crippen LogP contribution in [0.15, 0.2) is 0 Å². The van der Waals surface area contributed by atoms with Crippen LogP contribution in [0.3, 0.4) is 0 Å². The molecular formula is C10H17NO3. The third kappa shape index (κ3) is 2.11. The van der Waals surface area contributed by atoms with Gasteiger partial charge in [0.25, 0.3) is 5.54 Å². The second-order valence-electron chi connectivity index (χ2n) is 4.52. The highest BCUT2D eigenvalue weighted by atomic mass is 16.6. The lowest BCUT2D eigenvalue weighted by Crippen LogP contribution is -2.44. The number of nitro groups is 1. The van der Waals surface area contributed by atoms with Crippen molar-refractivity contribution in [1.82, 2.24) is 0 Å². The van der Waals surface area contributed by atoms with Crippen LogP contribution in [0.25, 0.3) is 0 Å². The minimum atomic E-state index is -1.40. The van der Waals surface area contributed by atoms with Gasteiger partial charge in [-0.3, -0.25) is 14.9 Å². The highest BCUT2D eigenvalue weighted by Gasteiger charge is 2.43. The van der Waals surface area contributed by atoms with E-state index in [9.17, 15) is 14.9 Å². The maximum absolute atomic E-state index is 11.8. The molecule has 1 saturated carbocycles. The summed E-state index contributed by atoms with van der Waals surface area (Å²) in [6.45, 7) is 2.81. The van der Waals surface area contributed by atoms with Crippen LogP contribution in [0.5, 0.6) is 0 Å². The standard InChI is InChI=1S/C10H17NO3/c1-10(2,11(13)14)9(12)8-6-4-3-5-7-8/h8H,3-7H2,1-2H3. The molecule has 14 heavy (non-hydrogen) atoms. The van der Waals surface area contributed by atoms with Crippen LogP contribution in [0.1, 0.15) is 46.0 Å². The Hall–Kier alpha value is -0.930. The van der Waals surface area contributed by atoms with Crippen LogP contribution >= 0.6 is 0 Å². The summed E-state index contributed by atoms with van der Waals surface area (Å²) < 4.78 is 0. The molecule has 0 spiro atoms. The lowest BCUT2D eigenvalue weighted by atomic mass is 9.80. The van der Waals surface area contributed by atoms with Gasteiger partial charge in [0.2, 0.25) is 5.78 Å². The average molecular weight is 199 g/mol. The first-order valence-electron chi connectivity index (χ1n) is 5.15. The van der Waals surface area contributed by atoms with E-state index in [2.05, 4.69) is 0 Å². The van der Waals surface area contributed by atoms with Crippen LogP contribution < -0.4 is 0 Å². The molecule has 4 nitrogen and oxygen atoms in total. The van der Waals surface area contributed by atoms with E-state index in [1.807, 2.05) is 0 Å². The predicted molar refractivity (Wildman–Crippen MR) is 52.7 cm³/mol. The molecule has 0 aromatic heterocycles. The maximum atomic E-state index is 11.8. The second kappa shape index (κ2) is 4.07. The highest BCUT2D eigenvalue weighted by molar-refractivity contribution is 5.88. The molecule has 0 aromatic carbocycles. The first-order chi connectivity index (χ1) is 6.46. The second-order valence-corrected chi connectivity index (χ2v) is 4.52. The predicted octanol–water partition coefficient (Wildman–Crippen LogP) is 2.19. The molecule has 1 aliphatic carbocycles. The van der Waals surface area contributed by atoms with Gasteiger partial charge in [-0.2, -0.15) is 0 Å². The van der Waals surface area contributed by atoms with Crippen molar-refractivity contribution in [1.29, 1.82) is 0 Å². The van der Waals surface area contributed by atoms with E-state index in [1.165, 1.54) is 13.8 Å². The van der Waals surface area contributed by atoms with Crippen LogP contribution in [0.4, 0.5) is 0 Å². The fourth-order valence-corrected chi connectivity index (χ4v) is 1.95. The van der Waals surface area contributed by atoms with Gasteiger partial charge in [0.05, 0.1) is 0 Å². The molecule has 0 aliphatic heterocycles. The average Bonchev–Trinajstić information content (AvgIpc) is 2.17. The number of carbonyl (C=O) groups excluding carboxylic acids is 1. The van der Waals surface area contributed by atoms with E-state index in [-0.39, 0.29) is 11.7 Å². The summed E-state index contributed by atoms with van der Waals surface area (Å²) in [4.78, 5) is 22.0. The number of ketones is 1. The molecule has 0 N–H and O–H groups in total. The Morgan fingerprint density at radius 1 is 1.29 bits per heavy atom. The lowest BCUT2D eigenvalue weighted by molar-refractivity contribution is -0.543. The summed E-state index contributed by atoms with van der Waals surface area (Å²) in [5.41, 5.74) is -1.40. The van der Waals surface area contributed by atoms with Crippen molar-refractivity contribution in [3.63, 3.8) is 0 Å². The van der Waals surface area contributed by atoms with E-state index in [0.717, 1.165) is 32.1 Å². The van der Waals surface area contributed by atoms with E-state index in [0.29, 0.717) is 0 Å². The van der Waals surface area contributed by atoms with Gasteiger partial charge in [-0.1, -0.05) is 19.3 Å². The van der Waals surface area contributed by atoms with Gasteiger partial charge in [-0.25, -0.2) is 0 Å². The Kier molecular flexibility index (Phi) is 3.24. The Morgan fingerprint density at radius 2 is 1.79 bits per heavy atom. The molecular weight excluding hydrogens is 182 g/mol. The Bertz CT molecular complexity index is 242. The van der Waals surface area contributed by atoms with Gasteiger partial charge in [-0.05, 0) is 12.8 Å². The molecule has 0 radical (unpaired) electrons. The van der Waals surface area contributed by atoms with Crippen LogP contribution in [-0.2, 0) is 4.79 Å². The number of carbonyl (C=O) groups is 1. The van der Waals surface area contributed by atoms with Crippen molar-refractivity contribution in [3.8, 4) is 0 Å². The zero-order chi connectivity index (χ0) is 10.8. The third-order valence-electron chi connectivity index (χ3n) is 3.04. The number of Topliss-reactive ketones (excluding diaryl/α,β-unsaturated/α-hetero) is 1. The summed E-state index contributed by atoms with van der Waals surface area (Å²) in [5.74, 6) is -0.272. The molecule has 0 unspecified atom stereocenters. The molecule has 80 valence electrons. The van der Waals surface area contributed by atoms with Crippen molar-refractivity contribution in [2.45, 2.75) is 51.5 Å². The summed E-state index contributed by atoms with van der Waals surface area (Å²) in [6.07, 6.45) is 4.88. The molecule has 1 aliphatic rings.